The fraction of sp³-hybridized carbons (Fsp3) is 0.444. The molecule has 2 N–H and O–H groups in total. The van der Waals surface area contributed by atoms with Gasteiger partial charge in [-0.1, -0.05) is 0 Å². The molecular formula is C18H25FN4O2. The number of urea groups is 1. The Morgan fingerprint density at radius 3 is 2.72 bits per heavy atom. The van der Waals surface area contributed by atoms with E-state index in [0.29, 0.717) is 24.5 Å². The number of anilines is 1. The van der Waals surface area contributed by atoms with Crippen molar-refractivity contribution < 1.29 is 13.9 Å². The molecule has 0 unspecified atom stereocenters. The first-order chi connectivity index (χ1) is 11.8. The Morgan fingerprint density at radius 1 is 1.40 bits per heavy atom. The van der Waals surface area contributed by atoms with E-state index in [0.717, 1.165) is 17.0 Å². The molecule has 0 saturated carbocycles. The van der Waals surface area contributed by atoms with Crippen LogP contribution in [0.25, 0.3) is 0 Å². The monoisotopic (exact) mass is 348 g/mol. The zero-order valence-electron chi connectivity index (χ0n) is 15.3. The average Bonchev–Trinajstić information content (AvgIpc) is 2.76. The molecule has 1 aromatic carbocycles. The number of benzene rings is 1. The summed E-state index contributed by atoms with van der Waals surface area (Å²) >= 11 is 0. The number of halogens is 1. The van der Waals surface area contributed by atoms with Gasteiger partial charge in [0.05, 0.1) is 18.0 Å². The van der Waals surface area contributed by atoms with Crippen LogP contribution in [0.4, 0.5) is 14.9 Å². The molecule has 0 spiro atoms. The Labute approximate surface area is 147 Å². The normalized spacial score (nSPS) is 11.9. The lowest BCUT2D eigenvalue weighted by atomic mass is 10.1. The molecule has 7 heteroatoms. The number of hydrogen-bond donors (Lipinski definition) is 2. The van der Waals surface area contributed by atoms with Crippen LogP contribution < -0.4 is 15.4 Å². The minimum atomic E-state index is -0.412. The molecule has 6 nitrogen and oxygen atoms in total. The second kappa shape index (κ2) is 8.00. The number of rotatable bonds is 6. The van der Waals surface area contributed by atoms with Crippen LogP contribution in [0, 0.1) is 19.7 Å². The Balaban J connectivity index is 2.00. The number of ether oxygens (including phenoxy) is 1. The highest BCUT2D eigenvalue weighted by atomic mass is 19.1. The second-order valence-electron chi connectivity index (χ2n) is 6.05. The van der Waals surface area contributed by atoms with Crippen molar-refractivity contribution in [3.63, 3.8) is 0 Å². The van der Waals surface area contributed by atoms with Crippen LogP contribution in [0.1, 0.15) is 30.8 Å². The highest BCUT2D eigenvalue weighted by molar-refractivity contribution is 5.91. The van der Waals surface area contributed by atoms with Crippen LogP contribution >= 0.6 is 0 Å². The molecule has 0 fully saturated rings. The maximum Gasteiger partial charge on any atom is 0.319 e. The van der Waals surface area contributed by atoms with Crippen molar-refractivity contribution in [2.75, 3.05) is 11.9 Å². The van der Waals surface area contributed by atoms with Gasteiger partial charge in [-0.2, -0.15) is 5.10 Å². The fourth-order valence-corrected chi connectivity index (χ4v) is 2.73. The second-order valence-corrected chi connectivity index (χ2v) is 6.05. The van der Waals surface area contributed by atoms with Gasteiger partial charge in [-0.15, -0.1) is 0 Å². The van der Waals surface area contributed by atoms with E-state index in [-0.39, 0.29) is 12.1 Å². The maximum absolute atomic E-state index is 13.3. The summed E-state index contributed by atoms with van der Waals surface area (Å²) in [6.45, 7) is 8.09. The summed E-state index contributed by atoms with van der Waals surface area (Å²) in [5.41, 5.74) is 3.61. The number of hydrogen-bond acceptors (Lipinski definition) is 3. The number of carbonyl (C=O) groups is 1. The molecule has 2 rings (SSSR count). The molecule has 0 aliphatic carbocycles. The zero-order valence-corrected chi connectivity index (χ0v) is 15.3. The first kappa shape index (κ1) is 18.8. The lowest BCUT2D eigenvalue weighted by molar-refractivity contribution is 0.249. The number of amides is 2. The first-order valence-corrected chi connectivity index (χ1v) is 8.30. The third-order valence-electron chi connectivity index (χ3n) is 4.04. The first-order valence-electron chi connectivity index (χ1n) is 8.30. The number of carbonyl (C=O) groups excluding carboxylic acids is 1. The topological polar surface area (TPSA) is 68.2 Å². The highest BCUT2D eigenvalue weighted by Gasteiger charge is 2.16. The summed E-state index contributed by atoms with van der Waals surface area (Å²) in [4.78, 5) is 12.2. The fourth-order valence-electron chi connectivity index (χ4n) is 2.73. The van der Waals surface area contributed by atoms with Gasteiger partial charge in [-0.3, -0.25) is 4.68 Å². The van der Waals surface area contributed by atoms with Gasteiger partial charge in [0.15, 0.2) is 0 Å². The smallest absolute Gasteiger partial charge is 0.319 e. The standard InChI is InChI=1S/C18H25FN4O2/c1-6-25-17-10-14(19)7-8-16(17)21-18(24)20-11(2)9-15-12(3)22-23(5)13(15)4/h7-8,10-11H,6,9H2,1-5H3,(H2,20,21,24)/t11-/m1/s1. The largest absolute Gasteiger partial charge is 0.492 e. The Kier molecular flexibility index (Phi) is 6.01. The highest BCUT2D eigenvalue weighted by Crippen LogP contribution is 2.25. The van der Waals surface area contributed by atoms with Crippen LogP contribution in [0.2, 0.25) is 0 Å². The van der Waals surface area contributed by atoms with E-state index >= 15 is 0 Å². The Morgan fingerprint density at radius 2 is 2.12 bits per heavy atom. The van der Waals surface area contributed by atoms with Crippen molar-refractivity contribution in [3.05, 3.63) is 41.0 Å². The van der Waals surface area contributed by atoms with Crippen molar-refractivity contribution in [2.24, 2.45) is 7.05 Å². The molecule has 136 valence electrons. The maximum atomic E-state index is 13.3. The summed E-state index contributed by atoms with van der Waals surface area (Å²) in [5, 5.41) is 9.99. The third kappa shape index (κ3) is 4.71. The third-order valence-corrected chi connectivity index (χ3v) is 4.04. The van der Waals surface area contributed by atoms with Gasteiger partial charge in [0.2, 0.25) is 0 Å². The molecule has 0 radical (unpaired) electrons. The minimum Gasteiger partial charge on any atom is -0.492 e. The molecule has 1 atom stereocenters. The molecule has 0 bridgehead atoms. The van der Waals surface area contributed by atoms with Gasteiger partial charge in [0.1, 0.15) is 11.6 Å². The van der Waals surface area contributed by atoms with Crippen LogP contribution in [0.3, 0.4) is 0 Å². The van der Waals surface area contributed by atoms with Gasteiger partial charge in [0.25, 0.3) is 0 Å². The van der Waals surface area contributed by atoms with Gasteiger partial charge >= 0.3 is 6.03 Å². The number of nitrogens with zero attached hydrogens (tertiary/aromatic N) is 2. The van der Waals surface area contributed by atoms with Gasteiger partial charge in [-0.25, -0.2) is 9.18 Å². The van der Waals surface area contributed by atoms with Crippen molar-refractivity contribution in [3.8, 4) is 5.75 Å². The van der Waals surface area contributed by atoms with Crippen molar-refractivity contribution in [2.45, 2.75) is 40.2 Å². The zero-order chi connectivity index (χ0) is 18.6. The molecule has 1 heterocycles. The Hall–Kier alpha value is -2.57. The summed E-state index contributed by atoms with van der Waals surface area (Å²) in [5.74, 6) is -0.102. The summed E-state index contributed by atoms with van der Waals surface area (Å²) in [6, 6.07) is 3.58. The van der Waals surface area contributed by atoms with Gasteiger partial charge in [-0.05, 0) is 51.8 Å². The van der Waals surface area contributed by atoms with Crippen LogP contribution in [-0.4, -0.2) is 28.5 Å². The molecular weight excluding hydrogens is 323 g/mol. The molecule has 1 aromatic heterocycles. The van der Waals surface area contributed by atoms with Crippen molar-refractivity contribution in [1.82, 2.24) is 15.1 Å². The quantitative estimate of drug-likeness (QED) is 0.841. The van der Waals surface area contributed by atoms with E-state index in [4.69, 9.17) is 4.74 Å². The van der Waals surface area contributed by atoms with Crippen LogP contribution in [-0.2, 0) is 13.5 Å². The molecule has 2 aromatic rings. The summed E-state index contributed by atoms with van der Waals surface area (Å²) < 4.78 is 20.5. The SMILES string of the molecule is CCOc1cc(F)ccc1NC(=O)N[C@H](C)Cc1c(C)nn(C)c1C. The molecule has 0 aliphatic heterocycles. The molecule has 2 amide bonds. The van der Waals surface area contributed by atoms with Gasteiger partial charge < -0.3 is 15.4 Å². The molecule has 25 heavy (non-hydrogen) atoms. The minimum absolute atomic E-state index is 0.0856. The lowest BCUT2D eigenvalue weighted by Gasteiger charge is -2.16. The predicted octanol–water partition coefficient (Wildman–Crippen LogP) is 3.33. The Bertz CT molecular complexity index is 758. The lowest BCUT2D eigenvalue weighted by Crippen LogP contribution is -2.37. The summed E-state index contributed by atoms with van der Waals surface area (Å²) in [6.07, 6.45) is 0.681. The number of aromatic nitrogens is 2. The van der Waals surface area contributed by atoms with E-state index in [1.165, 1.54) is 18.2 Å². The van der Waals surface area contributed by atoms with Crippen molar-refractivity contribution in [1.29, 1.82) is 0 Å². The van der Waals surface area contributed by atoms with E-state index in [2.05, 4.69) is 15.7 Å². The number of nitrogens with one attached hydrogen (secondary N) is 2. The van der Waals surface area contributed by atoms with E-state index < -0.39 is 5.82 Å². The average molecular weight is 348 g/mol. The molecule has 0 aliphatic rings. The predicted molar refractivity (Wildman–Crippen MR) is 95.6 cm³/mol. The van der Waals surface area contributed by atoms with Crippen molar-refractivity contribution >= 4 is 11.7 Å². The summed E-state index contributed by atoms with van der Waals surface area (Å²) in [7, 11) is 1.90. The van der Waals surface area contributed by atoms with Crippen LogP contribution in [0.5, 0.6) is 5.75 Å². The van der Waals surface area contributed by atoms with E-state index in [9.17, 15) is 9.18 Å². The van der Waals surface area contributed by atoms with E-state index in [1.807, 2.05) is 32.5 Å². The van der Waals surface area contributed by atoms with E-state index in [1.54, 1.807) is 6.92 Å². The van der Waals surface area contributed by atoms with Crippen LogP contribution in [0.15, 0.2) is 18.2 Å². The number of aryl methyl sites for hydroxylation is 2. The van der Waals surface area contributed by atoms with Gasteiger partial charge in [0, 0.05) is 24.8 Å². The molecule has 0 saturated heterocycles.